The Balaban J connectivity index is 1.96. The van der Waals surface area contributed by atoms with E-state index in [2.05, 4.69) is 10.3 Å². The largest absolute Gasteiger partial charge is 0.465 e. The molecule has 0 aliphatic carbocycles. The number of nitrogens with one attached hydrogen (secondary N) is 1. The van der Waals surface area contributed by atoms with Gasteiger partial charge in [0.25, 0.3) is 0 Å². The van der Waals surface area contributed by atoms with Crippen LogP contribution in [0.15, 0.2) is 18.2 Å². The Morgan fingerprint density at radius 2 is 2.19 bits per heavy atom. The highest BCUT2D eigenvalue weighted by atomic mass is 32.1. The summed E-state index contributed by atoms with van der Waals surface area (Å²) in [5, 5.41) is 3.87. The van der Waals surface area contributed by atoms with Gasteiger partial charge < -0.3 is 10.1 Å². The van der Waals surface area contributed by atoms with Crippen molar-refractivity contribution in [1.29, 1.82) is 0 Å². The number of methoxy groups -OCH3 is 1. The van der Waals surface area contributed by atoms with Gasteiger partial charge in [0.2, 0.25) is 0 Å². The number of halogens is 1. The monoisotopic (exact) mass is 308 g/mol. The van der Waals surface area contributed by atoms with Crippen LogP contribution in [0.2, 0.25) is 0 Å². The summed E-state index contributed by atoms with van der Waals surface area (Å²) in [6.07, 6.45) is 0.762. The van der Waals surface area contributed by atoms with Gasteiger partial charge in [-0.05, 0) is 43.5 Å². The maximum atomic E-state index is 13.0. The van der Waals surface area contributed by atoms with Crippen LogP contribution in [0.5, 0.6) is 0 Å². The number of hydrogen-bond donors (Lipinski definition) is 1. The Labute approximate surface area is 127 Å². The van der Waals surface area contributed by atoms with Crippen molar-refractivity contribution >= 4 is 22.4 Å². The topological polar surface area (TPSA) is 51.2 Å². The van der Waals surface area contributed by atoms with Gasteiger partial charge in [0.15, 0.2) is 5.13 Å². The number of hydrogen-bond acceptors (Lipinski definition) is 5. The smallest absolute Gasteiger partial charge is 0.350 e. The summed E-state index contributed by atoms with van der Waals surface area (Å²) in [6, 6.07) is 4.78. The zero-order valence-corrected chi connectivity index (χ0v) is 13.0. The highest BCUT2D eigenvalue weighted by Gasteiger charge is 2.15. The van der Waals surface area contributed by atoms with E-state index in [1.54, 1.807) is 13.0 Å². The quantitative estimate of drug-likeness (QED) is 0.861. The molecule has 0 aliphatic heterocycles. The third kappa shape index (κ3) is 3.78. The fraction of sp³-hybridized carbons (Fsp3) is 0.333. The summed E-state index contributed by atoms with van der Waals surface area (Å²) in [5.74, 6) is -0.588. The average molecular weight is 308 g/mol. The van der Waals surface area contributed by atoms with Crippen LogP contribution >= 0.6 is 11.3 Å². The van der Waals surface area contributed by atoms with Gasteiger partial charge in [0.05, 0.1) is 12.8 Å². The Morgan fingerprint density at radius 1 is 1.43 bits per heavy atom. The van der Waals surface area contributed by atoms with E-state index in [1.165, 1.54) is 30.6 Å². The summed E-state index contributed by atoms with van der Waals surface area (Å²) in [5.41, 5.74) is 2.68. The summed E-state index contributed by atoms with van der Waals surface area (Å²) < 4.78 is 17.7. The van der Waals surface area contributed by atoms with Crippen LogP contribution in [0, 0.1) is 19.7 Å². The van der Waals surface area contributed by atoms with E-state index in [1.807, 2.05) is 6.92 Å². The number of rotatable bonds is 5. The predicted molar refractivity (Wildman–Crippen MR) is 81.5 cm³/mol. The third-order valence-corrected chi connectivity index (χ3v) is 4.24. The number of thiazole rings is 1. The third-order valence-electron chi connectivity index (χ3n) is 3.14. The van der Waals surface area contributed by atoms with Crippen molar-refractivity contribution in [3.05, 3.63) is 45.7 Å². The van der Waals surface area contributed by atoms with Gasteiger partial charge in [-0.1, -0.05) is 17.4 Å². The number of carbonyl (C=O) groups excluding carboxylic acids is 1. The molecule has 4 nitrogen and oxygen atoms in total. The molecule has 0 atom stereocenters. The lowest BCUT2D eigenvalue weighted by Crippen LogP contribution is -2.05. The first kappa shape index (κ1) is 15.4. The van der Waals surface area contributed by atoms with E-state index in [-0.39, 0.29) is 11.8 Å². The highest BCUT2D eigenvalue weighted by Crippen LogP contribution is 2.23. The molecule has 0 bridgehead atoms. The number of benzene rings is 1. The van der Waals surface area contributed by atoms with Crippen molar-refractivity contribution in [2.75, 3.05) is 19.0 Å². The van der Waals surface area contributed by atoms with E-state index in [0.29, 0.717) is 22.2 Å². The molecular formula is C15H17FN2O2S. The lowest BCUT2D eigenvalue weighted by atomic mass is 10.1. The fourth-order valence-corrected chi connectivity index (χ4v) is 2.91. The van der Waals surface area contributed by atoms with Crippen LogP contribution in [0.1, 0.15) is 26.5 Å². The van der Waals surface area contributed by atoms with Crippen molar-refractivity contribution in [1.82, 2.24) is 4.98 Å². The Hall–Kier alpha value is -1.95. The van der Waals surface area contributed by atoms with Gasteiger partial charge in [0, 0.05) is 6.54 Å². The molecule has 21 heavy (non-hydrogen) atoms. The normalized spacial score (nSPS) is 10.5. The molecule has 1 aromatic heterocycles. The van der Waals surface area contributed by atoms with Crippen LogP contribution in [-0.4, -0.2) is 24.6 Å². The molecule has 0 radical (unpaired) electrons. The molecule has 0 aliphatic rings. The molecule has 0 spiro atoms. The molecule has 0 saturated heterocycles. The zero-order valence-electron chi connectivity index (χ0n) is 12.2. The van der Waals surface area contributed by atoms with E-state index < -0.39 is 0 Å². The van der Waals surface area contributed by atoms with Gasteiger partial charge >= 0.3 is 5.97 Å². The molecule has 0 unspecified atom stereocenters. The van der Waals surface area contributed by atoms with E-state index >= 15 is 0 Å². The second-order valence-corrected chi connectivity index (χ2v) is 5.67. The Kier molecular flexibility index (Phi) is 4.90. The van der Waals surface area contributed by atoms with Gasteiger partial charge in [0.1, 0.15) is 10.7 Å². The zero-order chi connectivity index (χ0) is 15.4. The van der Waals surface area contributed by atoms with E-state index in [0.717, 1.165) is 17.5 Å². The van der Waals surface area contributed by atoms with Gasteiger partial charge in [-0.2, -0.15) is 0 Å². The molecule has 0 amide bonds. The number of aryl methyl sites for hydroxylation is 2. The van der Waals surface area contributed by atoms with E-state index in [4.69, 9.17) is 4.74 Å². The molecule has 2 rings (SSSR count). The maximum Gasteiger partial charge on any atom is 0.350 e. The number of nitrogens with zero attached hydrogens (tertiary/aromatic N) is 1. The van der Waals surface area contributed by atoms with Crippen molar-refractivity contribution in [3.63, 3.8) is 0 Å². The summed E-state index contributed by atoms with van der Waals surface area (Å²) in [6.45, 7) is 4.33. The predicted octanol–water partition coefficient (Wildman–Crippen LogP) is 3.34. The van der Waals surface area contributed by atoms with Crippen LogP contribution < -0.4 is 5.32 Å². The van der Waals surface area contributed by atoms with Gasteiger partial charge in [-0.15, -0.1) is 0 Å². The SMILES string of the molecule is COC(=O)c1sc(NCCc2ccc(F)cc2C)nc1C. The molecule has 1 N–H and O–H groups in total. The number of carbonyl (C=O) groups is 1. The fourth-order valence-electron chi connectivity index (χ4n) is 2.00. The second kappa shape index (κ2) is 6.67. The standard InChI is InChI=1S/C15H17FN2O2S/c1-9-8-12(16)5-4-11(9)6-7-17-15-18-10(2)13(21-15)14(19)20-3/h4-5,8H,6-7H2,1-3H3,(H,17,18). The van der Waals surface area contributed by atoms with Crippen molar-refractivity contribution in [2.24, 2.45) is 0 Å². The minimum atomic E-state index is -0.368. The molecule has 0 saturated carbocycles. The van der Waals surface area contributed by atoms with Crippen molar-refractivity contribution in [2.45, 2.75) is 20.3 Å². The molecule has 6 heteroatoms. The second-order valence-electron chi connectivity index (χ2n) is 4.67. The Bertz CT molecular complexity index is 655. The average Bonchev–Trinajstić information content (AvgIpc) is 2.81. The highest BCUT2D eigenvalue weighted by molar-refractivity contribution is 7.17. The van der Waals surface area contributed by atoms with Crippen LogP contribution in [0.4, 0.5) is 9.52 Å². The summed E-state index contributed by atoms with van der Waals surface area (Å²) >= 11 is 1.28. The van der Waals surface area contributed by atoms with Crippen molar-refractivity contribution in [3.8, 4) is 0 Å². The number of ether oxygens (including phenoxy) is 1. The maximum absolute atomic E-state index is 13.0. The molecule has 1 aromatic carbocycles. The minimum Gasteiger partial charge on any atom is -0.465 e. The lowest BCUT2D eigenvalue weighted by molar-refractivity contribution is 0.0605. The molecule has 2 aromatic rings. The first-order chi connectivity index (χ1) is 10.0. The van der Waals surface area contributed by atoms with Crippen LogP contribution in [0.25, 0.3) is 0 Å². The molecule has 1 heterocycles. The van der Waals surface area contributed by atoms with Gasteiger partial charge in [-0.3, -0.25) is 0 Å². The molecule has 0 fully saturated rings. The first-order valence-electron chi connectivity index (χ1n) is 6.56. The number of anilines is 1. The Morgan fingerprint density at radius 3 is 2.86 bits per heavy atom. The summed E-state index contributed by atoms with van der Waals surface area (Å²) in [7, 11) is 1.35. The lowest BCUT2D eigenvalue weighted by Gasteiger charge is -2.06. The molecule has 112 valence electrons. The number of aromatic nitrogens is 1. The minimum absolute atomic E-state index is 0.220. The van der Waals surface area contributed by atoms with Gasteiger partial charge in [-0.25, -0.2) is 14.2 Å². The summed E-state index contributed by atoms with van der Waals surface area (Å²) in [4.78, 5) is 16.3. The molecular weight excluding hydrogens is 291 g/mol. The number of esters is 1. The van der Waals surface area contributed by atoms with Crippen molar-refractivity contribution < 1.29 is 13.9 Å². The first-order valence-corrected chi connectivity index (χ1v) is 7.37. The van der Waals surface area contributed by atoms with E-state index in [9.17, 15) is 9.18 Å². The van der Waals surface area contributed by atoms with Crippen LogP contribution in [0.3, 0.4) is 0 Å². The van der Waals surface area contributed by atoms with Crippen LogP contribution in [-0.2, 0) is 11.2 Å².